The molecule has 22 heavy (non-hydrogen) atoms. The lowest BCUT2D eigenvalue weighted by Gasteiger charge is -2.08. The predicted octanol–water partition coefficient (Wildman–Crippen LogP) is 4.02. The Hall–Kier alpha value is -1.56. The van der Waals surface area contributed by atoms with Gasteiger partial charge in [-0.1, -0.05) is 29.4 Å². The molecule has 0 saturated heterocycles. The first-order valence-corrected chi connectivity index (χ1v) is 8.31. The van der Waals surface area contributed by atoms with Crippen molar-refractivity contribution < 1.29 is 4.74 Å². The second kappa shape index (κ2) is 7.13. The molecule has 0 saturated carbocycles. The number of imidazole rings is 1. The molecule has 0 atom stereocenters. The zero-order chi connectivity index (χ0) is 15.4. The highest BCUT2D eigenvalue weighted by atomic mass is 35.5. The van der Waals surface area contributed by atoms with Crippen LogP contribution in [0.4, 0.5) is 0 Å². The van der Waals surface area contributed by atoms with Gasteiger partial charge in [0.15, 0.2) is 5.16 Å². The maximum absolute atomic E-state index is 6.07. The summed E-state index contributed by atoms with van der Waals surface area (Å²) in [5.74, 6) is 0.783. The van der Waals surface area contributed by atoms with Gasteiger partial charge in [0.05, 0.1) is 23.3 Å². The maximum Gasteiger partial charge on any atom is 0.169 e. The van der Waals surface area contributed by atoms with Crippen molar-refractivity contribution in [2.75, 3.05) is 13.7 Å². The predicted molar refractivity (Wildman–Crippen MR) is 90.4 cm³/mol. The van der Waals surface area contributed by atoms with E-state index >= 15 is 0 Å². The van der Waals surface area contributed by atoms with Crippen molar-refractivity contribution in [3.05, 3.63) is 53.3 Å². The van der Waals surface area contributed by atoms with Crippen LogP contribution in [-0.4, -0.2) is 28.3 Å². The van der Waals surface area contributed by atoms with E-state index in [0.717, 1.165) is 34.2 Å². The van der Waals surface area contributed by atoms with E-state index in [4.69, 9.17) is 21.3 Å². The maximum atomic E-state index is 6.07. The van der Waals surface area contributed by atoms with Crippen molar-refractivity contribution in [2.24, 2.45) is 0 Å². The van der Waals surface area contributed by atoms with Crippen molar-refractivity contribution in [2.45, 2.75) is 17.5 Å². The minimum Gasteiger partial charge on any atom is -0.383 e. The largest absolute Gasteiger partial charge is 0.383 e. The topological polar surface area (TPSA) is 39.9 Å². The van der Waals surface area contributed by atoms with Gasteiger partial charge in [-0.15, -0.1) is 0 Å². The van der Waals surface area contributed by atoms with E-state index in [2.05, 4.69) is 9.55 Å². The van der Waals surface area contributed by atoms with Crippen LogP contribution in [-0.2, 0) is 17.0 Å². The van der Waals surface area contributed by atoms with Crippen molar-refractivity contribution in [1.29, 1.82) is 0 Å². The number of ether oxygens (including phenoxy) is 1. The Bertz CT molecular complexity index is 761. The first-order chi connectivity index (χ1) is 10.8. The van der Waals surface area contributed by atoms with E-state index in [1.807, 2.05) is 42.6 Å². The Morgan fingerprint density at radius 1 is 1.27 bits per heavy atom. The Morgan fingerprint density at radius 2 is 2.18 bits per heavy atom. The molecule has 0 spiro atoms. The van der Waals surface area contributed by atoms with Crippen LogP contribution < -0.4 is 0 Å². The third-order valence-corrected chi connectivity index (χ3v) is 4.51. The number of halogens is 1. The number of thioether (sulfide) groups is 1. The molecule has 1 aromatic carbocycles. The zero-order valence-electron chi connectivity index (χ0n) is 12.2. The van der Waals surface area contributed by atoms with Gasteiger partial charge in [-0.05, 0) is 30.3 Å². The molecular formula is C16H16ClN3OS. The summed E-state index contributed by atoms with van der Waals surface area (Å²) >= 11 is 7.74. The molecule has 3 aromatic rings. The average Bonchev–Trinajstić information content (AvgIpc) is 2.88. The van der Waals surface area contributed by atoms with Crippen LogP contribution in [0, 0.1) is 0 Å². The monoisotopic (exact) mass is 333 g/mol. The van der Waals surface area contributed by atoms with E-state index in [0.29, 0.717) is 11.6 Å². The van der Waals surface area contributed by atoms with E-state index < -0.39 is 0 Å². The van der Waals surface area contributed by atoms with Gasteiger partial charge in [0.2, 0.25) is 0 Å². The summed E-state index contributed by atoms with van der Waals surface area (Å²) in [5, 5.41) is 1.66. The van der Waals surface area contributed by atoms with Crippen LogP contribution in [0.1, 0.15) is 5.69 Å². The summed E-state index contributed by atoms with van der Waals surface area (Å²) in [4.78, 5) is 9.05. The molecule has 0 fully saturated rings. The van der Waals surface area contributed by atoms with Gasteiger partial charge in [0.1, 0.15) is 0 Å². The number of fused-ring (bicyclic) bond motifs is 1. The molecule has 6 heteroatoms. The fourth-order valence-electron chi connectivity index (χ4n) is 2.21. The fourth-order valence-corrected chi connectivity index (χ4v) is 3.33. The number of rotatable bonds is 6. The van der Waals surface area contributed by atoms with Crippen LogP contribution in [0.15, 0.2) is 47.8 Å². The number of hydrogen-bond acceptors (Lipinski definition) is 4. The second-order valence-electron chi connectivity index (χ2n) is 4.78. The van der Waals surface area contributed by atoms with Crippen LogP contribution in [0.5, 0.6) is 0 Å². The first-order valence-electron chi connectivity index (χ1n) is 6.95. The lowest BCUT2D eigenvalue weighted by molar-refractivity contribution is 0.186. The van der Waals surface area contributed by atoms with Gasteiger partial charge in [0, 0.05) is 30.6 Å². The van der Waals surface area contributed by atoms with Crippen molar-refractivity contribution in [3.63, 3.8) is 0 Å². The van der Waals surface area contributed by atoms with Gasteiger partial charge in [-0.3, -0.25) is 4.98 Å². The molecule has 0 aliphatic carbocycles. The molecule has 0 aliphatic rings. The summed E-state index contributed by atoms with van der Waals surface area (Å²) in [6.45, 7) is 1.41. The molecule has 0 aliphatic heterocycles. The van der Waals surface area contributed by atoms with Gasteiger partial charge in [0.25, 0.3) is 0 Å². The number of pyridine rings is 1. The van der Waals surface area contributed by atoms with Gasteiger partial charge in [-0.25, -0.2) is 4.98 Å². The molecule has 3 rings (SSSR count). The molecule has 0 N–H and O–H groups in total. The van der Waals surface area contributed by atoms with Crippen molar-refractivity contribution >= 4 is 34.4 Å². The SMILES string of the molecule is COCCn1c(SCc2ccccn2)nc2cc(Cl)ccc21. The fraction of sp³-hybridized carbons (Fsp3) is 0.250. The summed E-state index contributed by atoms with van der Waals surface area (Å²) in [6.07, 6.45) is 1.81. The molecule has 0 unspecified atom stereocenters. The number of benzene rings is 1. The Labute approximate surface area is 138 Å². The number of aromatic nitrogens is 3. The minimum atomic E-state index is 0.644. The van der Waals surface area contributed by atoms with E-state index in [9.17, 15) is 0 Å². The molecule has 0 bridgehead atoms. The average molecular weight is 334 g/mol. The van der Waals surface area contributed by atoms with Gasteiger partial charge < -0.3 is 9.30 Å². The molecular weight excluding hydrogens is 318 g/mol. The molecule has 0 radical (unpaired) electrons. The summed E-state index contributed by atoms with van der Waals surface area (Å²) in [7, 11) is 1.71. The van der Waals surface area contributed by atoms with Crippen LogP contribution in [0.3, 0.4) is 0 Å². The summed E-state index contributed by atoms with van der Waals surface area (Å²) in [5.41, 5.74) is 3.02. The highest BCUT2D eigenvalue weighted by molar-refractivity contribution is 7.98. The van der Waals surface area contributed by atoms with Gasteiger partial charge >= 0.3 is 0 Å². The number of hydrogen-bond donors (Lipinski definition) is 0. The summed E-state index contributed by atoms with van der Waals surface area (Å²) < 4.78 is 7.38. The quantitative estimate of drug-likeness (QED) is 0.639. The standard InChI is InChI=1S/C16H16ClN3OS/c1-21-9-8-20-15-6-5-12(17)10-14(15)19-16(20)22-11-13-4-2-3-7-18-13/h2-7,10H,8-9,11H2,1H3. The normalized spacial score (nSPS) is 11.2. The van der Waals surface area contributed by atoms with Crippen molar-refractivity contribution in [1.82, 2.24) is 14.5 Å². The third-order valence-electron chi connectivity index (χ3n) is 3.27. The van der Waals surface area contributed by atoms with Crippen LogP contribution in [0.2, 0.25) is 5.02 Å². The second-order valence-corrected chi connectivity index (χ2v) is 6.16. The smallest absolute Gasteiger partial charge is 0.169 e. The minimum absolute atomic E-state index is 0.644. The molecule has 2 aromatic heterocycles. The first kappa shape index (κ1) is 15.3. The summed E-state index contributed by atoms with van der Waals surface area (Å²) in [6, 6.07) is 11.7. The third kappa shape index (κ3) is 3.43. The lowest BCUT2D eigenvalue weighted by Crippen LogP contribution is -2.05. The highest BCUT2D eigenvalue weighted by Gasteiger charge is 2.12. The Balaban J connectivity index is 1.89. The van der Waals surface area contributed by atoms with Crippen LogP contribution in [0.25, 0.3) is 11.0 Å². The zero-order valence-corrected chi connectivity index (χ0v) is 13.8. The highest BCUT2D eigenvalue weighted by Crippen LogP contribution is 2.27. The van der Waals surface area contributed by atoms with E-state index in [1.165, 1.54) is 0 Å². The number of nitrogens with zero attached hydrogens (tertiary/aromatic N) is 3. The molecule has 114 valence electrons. The van der Waals surface area contributed by atoms with E-state index in [1.54, 1.807) is 18.9 Å². The molecule has 4 nitrogen and oxygen atoms in total. The van der Waals surface area contributed by atoms with E-state index in [-0.39, 0.29) is 0 Å². The van der Waals surface area contributed by atoms with Crippen LogP contribution >= 0.6 is 23.4 Å². The van der Waals surface area contributed by atoms with Crippen molar-refractivity contribution in [3.8, 4) is 0 Å². The number of methoxy groups -OCH3 is 1. The lowest BCUT2D eigenvalue weighted by atomic mass is 10.3. The Kier molecular flexibility index (Phi) is 4.97. The molecule has 0 amide bonds. The molecule has 2 heterocycles. The van der Waals surface area contributed by atoms with Gasteiger partial charge in [-0.2, -0.15) is 0 Å². The Morgan fingerprint density at radius 3 is 2.95 bits per heavy atom.